The first-order valence-corrected chi connectivity index (χ1v) is 25.4. The van der Waals surface area contributed by atoms with Gasteiger partial charge in [0.25, 0.3) is 0 Å². The molecular weight excluding hydrogens is 892 g/mol. The normalized spacial score (nSPS) is 14.4. The molecular formula is C58H75FO11. The lowest BCUT2D eigenvalue weighted by Crippen LogP contribution is -2.27. The summed E-state index contributed by atoms with van der Waals surface area (Å²) in [7, 11) is 0. The van der Waals surface area contributed by atoms with Crippen LogP contribution < -0.4 is 4.74 Å². The van der Waals surface area contributed by atoms with Crippen molar-refractivity contribution in [1.29, 1.82) is 0 Å². The Hall–Kier alpha value is -5.91. The molecule has 1 aliphatic carbocycles. The van der Waals surface area contributed by atoms with E-state index in [4.69, 9.17) is 23.7 Å². The number of esters is 4. The number of ether oxygens (including phenoxy) is 5. The van der Waals surface area contributed by atoms with E-state index < -0.39 is 41.4 Å². The molecule has 0 N–H and O–H groups in total. The number of carbonyl (C=O) groups is 6. The highest BCUT2D eigenvalue weighted by Crippen LogP contribution is 2.40. The van der Waals surface area contributed by atoms with Gasteiger partial charge in [-0.05, 0) is 147 Å². The number of carbonyl (C=O) groups excluding carboxylic acids is 6. The number of benzene rings is 3. The Bertz CT molecular complexity index is 2220. The van der Waals surface area contributed by atoms with E-state index >= 15 is 4.39 Å². The monoisotopic (exact) mass is 967 g/mol. The third kappa shape index (κ3) is 17.5. The molecule has 0 spiro atoms. The van der Waals surface area contributed by atoms with Crippen LogP contribution in [0.4, 0.5) is 4.39 Å². The van der Waals surface area contributed by atoms with Crippen molar-refractivity contribution in [2.45, 2.75) is 150 Å². The van der Waals surface area contributed by atoms with Crippen LogP contribution in [0.3, 0.4) is 0 Å². The first kappa shape index (κ1) is 56.7. The Kier molecular flexibility index (Phi) is 23.7. The van der Waals surface area contributed by atoms with Gasteiger partial charge in [-0.25, -0.2) is 23.6 Å². The van der Waals surface area contributed by atoms with Crippen molar-refractivity contribution in [3.8, 4) is 28.0 Å². The smallest absolute Gasteiger partial charge is 0.374 e. The number of halogens is 1. The Morgan fingerprint density at radius 1 is 0.614 bits per heavy atom. The Morgan fingerprint density at radius 2 is 1.16 bits per heavy atom. The van der Waals surface area contributed by atoms with Crippen LogP contribution in [0.2, 0.25) is 0 Å². The van der Waals surface area contributed by atoms with Crippen molar-refractivity contribution >= 4 is 35.4 Å². The van der Waals surface area contributed by atoms with E-state index in [1.54, 1.807) is 33.8 Å². The Labute approximate surface area is 414 Å². The number of hydrogen-bond acceptors (Lipinski definition) is 11. The number of hydrogen-bond donors (Lipinski definition) is 0. The number of aryl methyl sites for hydroxylation is 3. The lowest BCUT2D eigenvalue weighted by atomic mass is 9.77. The van der Waals surface area contributed by atoms with Crippen molar-refractivity contribution in [3.05, 3.63) is 101 Å². The molecule has 0 aliphatic heterocycles. The molecule has 11 nitrogen and oxygen atoms in total. The standard InChI is InChI=1S/C58H75FO11/c1-9-13-14-17-40-20-22-43(23-21-40)44-24-27-50(51(59)35-44)45-25-26-49(42(10-2)32-45)48-33-46(18-15-29-67-55(62)38(5)6)54(47(34-48)19-16-30-68-56(63)39(7)8)66-31-28-41(36-69-57(64)52(60)11-3)37-70-58(65)53(61)12-4/h24-27,32-35,40-41,43H,5,7,9-23,28-31,36-37H2,1-4,6,8H3. The van der Waals surface area contributed by atoms with Gasteiger partial charge in [0, 0.05) is 35.5 Å². The highest BCUT2D eigenvalue weighted by molar-refractivity contribution is 6.33. The van der Waals surface area contributed by atoms with Gasteiger partial charge in [-0.3, -0.25) is 9.59 Å². The topological polar surface area (TPSA) is 149 Å². The fourth-order valence-electron chi connectivity index (χ4n) is 8.77. The van der Waals surface area contributed by atoms with Crippen molar-refractivity contribution in [1.82, 2.24) is 0 Å². The summed E-state index contributed by atoms with van der Waals surface area (Å²) in [6, 6.07) is 15.9. The zero-order valence-corrected chi connectivity index (χ0v) is 42.5. The molecule has 4 rings (SSSR count). The van der Waals surface area contributed by atoms with E-state index in [-0.39, 0.29) is 69.3 Å². The van der Waals surface area contributed by atoms with Crippen LogP contribution in [0.1, 0.15) is 153 Å². The van der Waals surface area contributed by atoms with Crippen LogP contribution in [0.15, 0.2) is 72.8 Å². The average molecular weight is 967 g/mol. The van der Waals surface area contributed by atoms with Crippen LogP contribution in [-0.4, -0.2) is 68.5 Å². The minimum absolute atomic E-state index is 0.0385. The van der Waals surface area contributed by atoms with Gasteiger partial charge < -0.3 is 23.7 Å². The Balaban J connectivity index is 1.69. The molecule has 3 aromatic rings. The third-order valence-electron chi connectivity index (χ3n) is 13.0. The maximum absolute atomic E-state index is 16.1. The zero-order valence-electron chi connectivity index (χ0n) is 42.5. The first-order chi connectivity index (χ1) is 33.6. The van der Waals surface area contributed by atoms with Crippen LogP contribution in [0.25, 0.3) is 22.3 Å². The van der Waals surface area contributed by atoms with E-state index in [1.807, 2.05) is 30.3 Å². The minimum atomic E-state index is -1.01. The summed E-state index contributed by atoms with van der Waals surface area (Å²) in [5.41, 5.74) is 7.42. The molecule has 0 saturated heterocycles. The largest absolute Gasteiger partial charge is 0.493 e. The van der Waals surface area contributed by atoms with Gasteiger partial charge in [0.1, 0.15) is 11.6 Å². The van der Waals surface area contributed by atoms with Crippen molar-refractivity contribution < 1.29 is 56.8 Å². The highest BCUT2D eigenvalue weighted by Gasteiger charge is 2.25. The molecule has 0 bridgehead atoms. The highest BCUT2D eigenvalue weighted by atomic mass is 19.1. The third-order valence-corrected chi connectivity index (χ3v) is 13.0. The summed E-state index contributed by atoms with van der Waals surface area (Å²) in [5.74, 6) is -3.56. The molecule has 0 unspecified atom stereocenters. The summed E-state index contributed by atoms with van der Waals surface area (Å²) in [6.07, 6.45) is 12.2. The van der Waals surface area contributed by atoms with Crippen LogP contribution >= 0.6 is 0 Å². The fraction of sp³-hybridized carbons (Fsp3) is 0.517. The quantitative estimate of drug-likeness (QED) is 0.0207. The predicted molar refractivity (Wildman–Crippen MR) is 270 cm³/mol. The zero-order chi connectivity index (χ0) is 51.2. The summed E-state index contributed by atoms with van der Waals surface area (Å²) < 4.78 is 44.2. The van der Waals surface area contributed by atoms with E-state index in [1.165, 1.54) is 38.5 Å². The number of Topliss-reactive ketones (excluding diaryl/α,β-unsaturated/α-hetero) is 2. The summed E-state index contributed by atoms with van der Waals surface area (Å²) in [5, 5.41) is 0. The van der Waals surface area contributed by atoms with Gasteiger partial charge in [-0.15, -0.1) is 0 Å². The van der Waals surface area contributed by atoms with Gasteiger partial charge in [0.05, 0.1) is 33.0 Å². The molecule has 1 aliphatic rings. The minimum Gasteiger partial charge on any atom is -0.493 e. The van der Waals surface area contributed by atoms with Crippen LogP contribution in [0.5, 0.6) is 5.75 Å². The second-order valence-electron chi connectivity index (χ2n) is 18.6. The molecule has 0 atom stereocenters. The van der Waals surface area contributed by atoms with Crippen molar-refractivity contribution in [2.24, 2.45) is 11.8 Å². The first-order valence-electron chi connectivity index (χ1n) is 25.4. The van der Waals surface area contributed by atoms with Gasteiger partial charge in [-0.1, -0.05) is 96.9 Å². The lowest BCUT2D eigenvalue weighted by molar-refractivity contribution is -0.158. The molecule has 70 heavy (non-hydrogen) atoms. The molecule has 0 heterocycles. The molecule has 12 heteroatoms. The summed E-state index contributed by atoms with van der Waals surface area (Å²) in [4.78, 5) is 73.2. The molecule has 380 valence electrons. The number of ketones is 2. The molecule has 1 fully saturated rings. The number of rotatable bonds is 30. The second kappa shape index (κ2) is 29.3. The van der Waals surface area contributed by atoms with Gasteiger partial charge in [0.2, 0.25) is 11.6 Å². The van der Waals surface area contributed by atoms with Crippen LogP contribution in [-0.2, 0) is 67.0 Å². The maximum Gasteiger partial charge on any atom is 0.374 e. The predicted octanol–water partition coefficient (Wildman–Crippen LogP) is 12.1. The average Bonchev–Trinajstić information content (AvgIpc) is 3.36. The van der Waals surface area contributed by atoms with Crippen molar-refractivity contribution in [3.63, 3.8) is 0 Å². The number of unbranched alkanes of at least 4 members (excludes halogenated alkanes) is 2. The summed E-state index contributed by atoms with van der Waals surface area (Å²) in [6.45, 7) is 17.7. The van der Waals surface area contributed by atoms with Gasteiger partial charge >= 0.3 is 23.9 Å². The van der Waals surface area contributed by atoms with Gasteiger partial charge in [-0.2, -0.15) is 0 Å². The van der Waals surface area contributed by atoms with Gasteiger partial charge in [0.15, 0.2) is 0 Å². The maximum atomic E-state index is 16.1. The molecule has 0 amide bonds. The van der Waals surface area contributed by atoms with Crippen LogP contribution in [0, 0.1) is 17.7 Å². The van der Waals surface area contributed by atoms with Crippen molar-refractivity contribution in [2.75, 3.05) is 33.0 Å². The Morgan fingerprint density at radius 3 is 1.66 bits per heavy atom. The van der Waals surface area contributed by atoms with E-state index in [2.05, 4.69) is 39.1 Å². The second-order valence-corrected chi connectivity index (χ2v) is 18.6. The summed E-state index contributed by atoms with van der Waals surface area (Å²) >= 11 is 0. The lowest BCUT2D eigenvalue weighted by Gasteiger charge is -2.29. The molecule has 0 aromatic heterocycles. The molecule has 3 aromatic carbocycles. The van der Waals surface area contributed by atoms with E-state index in [0.29, 0.717) is 49.3 Å². The fourth-order valence-corrected chi connectivity index (χ4v) is 8.77. The SMILES string of the molecule is C=C(C)C(=O)OCCCc1cc(-c2ccc(-c3ccc(C4CCC(CCCCC)CC4)cc3F)cc2CC)cc(CCCOC(=O)C(=C)C)c1OCCC(COC(=O)C(=O)CC)COC(=O)C(=O)CC. The van der Waals surface area contributed by atoms with E-state index in [0.717, 1.165) is 57.7 Å². The van der Waals surface area contributed by atoms with E-state index in [9.17, 15) is 28.8 Å². The molecule has 1 saturated carbocycles. The molecule has 0 radical (unpaired) electrons.